The Balaban J connectivity index is 1.65. The minimum Gasteiger partial charge on any atom is -0.465 e. The summed E-state index contributed by atoms with van der Waals surface area (Å²) in [6, 6.07) is 16.1. The Hall–Kier alpha value is -3.74. The molecule has 7 heteroatoms. The van der Waals surface area contributed by atoms with Crippen molar-refractivity contribution in [3.05, 3.63) is 89.4 Å². The van der Waals surface area contributed by atoms with Gasteiger partial charge in [-0.2, -0.15) is 0 Å². The smallest absolute Gasteiger partial charge is 0.337 e. The third kappa shape index (κ3) is 4.70. The van der Waals surface area contributed by atoms with Crippen LogP contribution in [0.5, 0.6) is 0 Å². The number of rotatable bonds is 6. The second-order valence-corrected chi connectivity index (χ2v) is 5.90. The van der Waals surface area contributed by atoms with E-state index in [2.05, 4.69) is 20.4 Å². The van der Waals surface area contributed by atoms with Crippen LogP contribution in [0.15, 0.2) is 66.9 Å². The number of hydrogen-bond acceptors (Lipinski definition) is 5. The van der Waals surface area contributed by atoms with E-state index in [9.17, 15) is 14.0 Å². The molecule has 1 aromatic heterocycles. The molecule has 1 heterocycles. The average molecular weight is 379 g/mol. The van der Waals surface area contributed by atoms with Gasteiger partial charge in [-0.15, -0.1) is 0 Å². The topological polar surface area (TPSA) is 80.3 Å². The number of hydrogen-bond donors (Lipinski definition) is 2. The molecular weight excluding hydrogens is 361 g/mol. The molecule has 0 saturated heterocycles. The maximum Gasteiger partial charge on any atom is 0.337 e. The molecule has 3 rings (SSSR count). The van der Waals surface area contributed by atoms with E-state index in [1.54, 1.807) is 54.6 Å². The van der Waals surface area contributed by atoms with Gasteiger partial charge in [0.2, 0.25) is 0 Å². The van der Waals surface area contributed by atoms with Crippen LogP contribution in [-0.2, 0) is 11.3 Å². The first kappa shape index (κ1) is 19.0. The van der Waals surface area contributed by atoms with E-state index in [0.29, 0.717) is 28.2 Å². The van der Waals surface area contributed by atoms with Crippen molar-refractivity contribution in [2.45, 2.75) is 6.54 Å². The summed E-state index contributed by atoms with van der Waals surface area (Å²) in [7, 11) is 1.32. The highest BCUT2D eigenvalue weighted by Gasteiger charge is 2.09. The highest BCUT2D eigenvalue weighted by atomic mass is 19.1. The van der Waals surface area contributed by atoms with E-state index in [0.717, 1.165) is 0 Å². The van der Waals surface area contributed by atoms with Crippen LogP contribution in [0.3, 0.4) is 0 Å². The van der Waals surface area contributed by atoms with Crippen LogP contribution in [0.2, 0.25) is 0 Å². The number of carbonyl (C=O) groups excluding carboxylic acids is 2. The fraction of sp³-hybridized carbons (Fsp3) is 0.0952. The molecule has 3 aromatic rings. The van der Waals surface area contributed by atoms with E-state index >= 15 is 0 Å². The molecule has 0 aliphatic heterocycles. The standard InChI is InChI=1S/C21H18FN3O3/c1-28-21(27)14-6-8-17(9-7-14)25-19-12-15(10-11-23-19)20(26)24-13-16-4-2-3-5-18(16)22/h2-12H,13H2,1H3,(H,23,25)(H,24,26). The lowest BCUT2D eigenvalue weighted by Crippen LogP contribution is -2.23. The summed E-state index contributed by atoms with van der Waals surface area (Å²) >= 11 is 0. The zero-order chi connectivity index (χ0) is 19.9. The number of amides is 1. The summed E-state index contributed by atoms with van der Waals surface area (Å²) in [5, 5.41) is 5.75. The molecular formula is C21H18FN3O3. The Labute approximate surface area is 161 Å². The Morgan fingerprint density at radius 2 is 1.79 bits per heavy atom. The van der Waals surface area contributed by atoms with Gasteiger partial charge in [-0.1, -0.05) is 18.2 Å². The van der Waals surface area contributed by atoms with Gasteiger partial charge in [-0.3, -0.25) is 4.79 Å². The summed E-state index contributed by atoms with van der Waals surface area (Å²) in [5.74, 6) is -0.660. The van der Waals surface area contributed by atoms with Crippen molar-refractivity contribution in [2.24, 2.45) is 0 Å². The van der Waals surface area contributed by atoms with E-state index in [4.69, 9.17) is 0 Å². The maximum atomic E-state index is 13.6. The van der Waals surface area contributed by atoms with Gasteiger partial charge in [0.25, 0.3) is 5.91 Å². The van der Waals surface area contributed by atoms with Gasteiger partial charge in [0, 0.05) is 29.6 Å². The fourth-order valence-electron chi connectivity index (χ4n) is 2.51. The molecule has 1 amide bonds. The molecule has 0 spiro atoms. The van der Waals surface area contributed by atoms with Crippen LogP contribution < -0.4 is 10.6 Å². The minimum atomic E-state index is -0.418. The quantitative estimate of drug-likeness (QED) is 0.639. The lowest BCUT2D eigenvalue weighted by molar-refractivity contribution is 0.0600. The lowest BCUT2D eigenvalue weighted by Gasteiger charge is -2.09. The van der Waals surface area contributed by atoms with Crippen molar-refractivity contribution >= 4 is 23.4 Å². The van der Waals surface area contributed by atoms with Crippen LogP contribution >= 0.6 is 0 Å². The van der Waals surface area contributed by atoms with Crippen molar-refractivity contribution in [2.75, 3.05) is 12.4 Å². The number of nitrogens with one attached hydrogen (secondary N) is 2. The largest absolute Gasteiger partial charge is 0.465 e. The van der Waals surface area contributed by atoms with E-state index in [-0.39, 0.29) is 18.3 Å². The number of nitrogens with zero attached hydrogens (tertiary/aromatic N) is 1. The highest BCUT2D eigenvalue weighted by molar-refractivity contribution is 5.95. The molecule has 2 N–H and O–H groups in total. The number of aromatic nitrogens is 1. The molecule has 0 radical (unpaired) electrons. The summed E-state index contributed by atoms with van der Waals surface area (Å²) in [4.78, 5) is 28.0. The normalized spacial score (nSPS) is 10.2. The number of anilines is 2. The number of esters is 1. The second kappa shape index (κ2) is 8.77. The first-order valence-electron chi connectivity index (χ1n) is 8.50. The monoisotopic (exact) mass is 379 g/mol. The van der Waals surface area contributed by atoms with Crippen molar-refractivity contribution in [3.63, 3.8) is 0 Å². The third-order valence-electron chi connectivity index (χ3n) is 4.00. The van der Waals surface area contributed by atoms with E-state index < -0.39 is 5.97 Å². The Morgan fingerprint density at radius 1 is 1.04 bits per heavy atom. The number of halogens is 1. The molecule has 0 aliphatic rings. The zero-order valence-electron chi connectivity index (χ0n) is 15.1. The second-order valence-electron chi connectivity index (χ2n) is 5.90. The predicted molar refractivity (Wildman–Crippen MR) is 103 cm³/mol. The number of pyridine rings is 1. The van der Waals surface area contributed by atoms with Gasteiger partial charge < -0.3 is 15.4 Å². The predicted octanol–water partition coefficient (Wildman–Crippen LogP) is 3.68. The number of carbonyl (C=O) groups is 2. The molecule has 142 valence electrons. The van der Waals surface area contributed by atoms with Crippen LogP contribution in [0, 0.1) is 5.82 Å². The molecule has 6 nitrogen and oxygen atoms in total. The van der Waals surface area contributed by atoms with Crippen LogP contribution in [0.1, 0.15) is 26.3 Å². The first-order valence-corrected chi connectivity index (χ1v) is 8.50. The Morgan fingerprint density at radius 3 is 2.50 bits per heavy atom. The Bertz CT molecular complexity index is 990. The van der Waals surface area contributed by atoms with Gasteiger partial charge in [0.05, 0.1) is 12.7 Å². The molecule has 2 aromatic carbocycles. The minimum absolute atomic E-state index is 0.0889. The summed E-state index contributed by atoms with van der Waals surface area (Å²) < 4.78 is 18.3. The molecule has 0 saturated carbocycles. The molecule has 0 bridgehead atoms. The maximum absolute atomic E-state index is 13.6. The highest BCUT2D eigenvalue weighted by Crippen LogP contribution is 2.17. The molecule has 28 heavy (non-hydrogen) atoms. The van der Waals surface area contributed by atoms with E-state index in [1.165, 1.54) is 19.4 Å². The van der Waals surface area contributed by atoms with Crippen molar-refractivity contribution in [1.82, 2.24) is 10.3 Å². The zero-order valence-corrected chi connectivity index (χ0v) is 15.1. The van der Waals surface area contributed by atoms with Gasteiger partial charge in [0.1, 0.15) is 11.6 Å². The lowest BCUT2D eigenvalue weighted by atomic mass is 10.2. The number of ether oxygens (including phenoxy) is 1. The number of benzene rings is 2. The Kier molecular flexibility index (Phi) is 5.96. The van der Waals surface area contributed by atoms with Gasteiger partial charge in [-0.05, 0) is 42.5 Å². The van der Waals surface area contributed by atoms with Crippen LogP contribution in [0.4, 0.5) is 15.9 Å². The van der Waals surface area contributed by atoms with Crippen molar-refractivity contribution in [3.8, 4) is 0 Å². The first-order chi connectivity index (χ1) is 13.6. The summed E-state index contributed by atoms with van der Waals surface area (Å²) in [6.45, 7) is 0.0889. The van der Waals surface area contributed by atoms with Gasteiger partial charge in [0.15, 0.2) is 0 Å². The SMILES string of the molecule is COC(=O)c1ccc(Nc2cc(C(=O)NCc3ccccc3F)ccn2)cc1. The molecule has 0 fully saturated rings. The fourth-order valence-corrected chi connectivity index (χ4v) is 2.51. The van der Waals surface area contributed by atoms with Crippen LogP contribution in [0.25, 0.3) is 0 Å². The van der Waals surface area contributed by atoms with Gasteiger partial charge in [-0.25, -0.2) is 14.2 Å². The van der Waals surface area contributed by atoms with Crippen LogP contribution in [-0.4, -0.2) is 24.0 Å². The summed E-state index contributed by atoms with van der Waals surface area (Å²) in [6.07, 6.45) is 1.50. The molecule has 0 atom stereocenters. The average Bonchev–Trinajstić information content (AvgIpc) is 2.73. The van der Waals surface area contributed by atoms with E-state index in [1.807, 2.05) is 0 Å². The van der Waals surface area contributed by atoms with Crippen molar-refractivity contribution < 1.29 is 18.7 Å². The van der Waals surface area contributed by atoms with Gasteiger partial charge >= 0.3 is 5.97 Å². The van der Waals surface area contributed by atoms with Crippen molar-refractivity contribution in [1.29, 1.82) is 0 Å². The molecule has 0 unspecified atom stereocenters. The summed E-state index contributed by atoms with van der Waals surface area (Å²) in [5.41, 5.74) is 1.93. The number of methoxy groups -OCH3 is 1. The molecule has 0 aliphatic carbocycles. The third-order valence-corrected chi connectivity index (χ3v) is 4.00.